The van der Waals surface area contributed by atoms with Gasteiger partial charge in [-0.2, -0.15) is 0 Å². The lowest BCUT2D eigenvalue weighted by atomic mass is 9.86. The first-order chi connectivity index (χ1) is 12.9. The van der Waals surface area contributed by atoms with E-state index in [4.69, 9.17) is 4.74 Å². The Morgan fingerprint density at radius 2 is 1.67 bits per heavy atom. The number of nitrogens with zero attached hydrogens (tertiary/aromatic N) is 4. The van der Waals surface area contributed by atoms with Crippen molar-refractivity contribution in [1.82, 2.24) is 15.1 Å². The molecule has 0 unspecified atom stereocenters. The normalized spacial score (nSPS) is 15.0. The molecule has 6 nitrogen and oxygen atoms in total. The van der Waals surface area contributed by atoms with Gasteiger partial charge in [-0.1, -0.05) is 32.9 Å². The fourth-order valence-electron chi connectivity index (χ4n) is 3.14. The maximum Gasteiger partial charge on any atom is 0.253 e. The molecule has 0 saturated carbocycles. The van der Waals surface area contributed by atoms with Gasteiger partial charge in [-0.15, -0.1) is 10.2 Å². The van der Waals surface area contributed by atoms with E-state index in [2.05, 4.69) is 48.0 Å². The standard InChI is InChI=1S/C21H28N4O2/c1-5-27-19-11-10-18(22-23-19)24-12-14-25(15-13-24)20(26)16-6-8-17(9-7-16)21(2,3)4/h6-11H,5,12-15H2,1-4H3. The average molecular weight is 368 g/mol. The molecule has 1 fully saturated rings. The van der Waals surface area contributed by atoms with Gasteiger partial charge in [0.25, 0.3) is 5.91 Å². The van der Waals surface area contributed by atoms with Crippen molar-refractivity contribution >= 4 is 11.7 Å². The van der Waals surface area contributed by atoms with Crippen LogP contribution in [-0.2, 0) is 5.41 Å². The SMILES string of the molecule is CCOc1ccc(N2CCN(C(=O)c3ccc(C(C)(C)C)cc3)CC2)nn1. The zero-order valence-corrected chi connectivity index (χ0v) is 16.6. The van der Waals surface area contributed by atoms with Crippen molar-refractivity contribution in [3.8, 4) is 5.88 Å². The van der Waals surface area contributed by atoms with Gasteiger partial charge in [0.05, 0.1) is 6.61 Å². The minimum absolute atomic E-state index is 0.0892. The van der Waals surface area contributed by atoms with Gasteiger partial charge >= 0.3 is 0 Å². The van der Waals surface area contributed by atoms with Gasteiger partial charge in [0.1, 0.15) is 0 Å². The number of carbonyl (C=O) groups is 1. The van der Waals surface area contributed by atoms with Crippen LogP contribution in [0.5, 0.6) is 5.88 Å². The monoisotopic (exact) mass is 368 g/mol. The van der Waals surface area contributed by atoms with Gasteiger partial charge in [0.15, 0.2) is 5.82 Å². The lowest BCUT2D eigenvalue weighted by Crippen LogP contribution is -2.49. The molecule has 2 heterocycles. The van der Waals surface area contributed by atoms with Crippen molar-refractivity contribution in [1.29, 1.82) is 0 Å². The van der Waals surface area contributed by atoms with E-state index in [1.807, 2.05) is 36.1 Å². The highest BCUT2D eigenvalue weighted by molar-refractivity contribution is 5.94. The van der Waals surface area contributed by atoms with Gasteiger partial charge in [0, 0.05) is 37.8 Å². The van der Waals surface area contributed by atoms with Crippen LogP contribution in [0.4, 0.5) is 5.82 Å². The summed E-state index contributed by atoms with van der Waals surface area (Å²) in [6.07, 6.45) is 0. The van der Waals surface area contributed by atoms with Crippen LogP contribution in [0.2, 0.25) is 0 Å². The summed E-state index contributed by atoms with van der Waals surface area (Å²) in [5, 5.41) is 8.31. The van der Waals surface area contributed by atoms with Crippen LogP contribution in [0.3, 0.4) is 0 Å². The van der Waals surface area contributed by atoms with E-state index in [0.29, 0.717) is 25.6 Å². The van der Waals surface area contributed by atoms with E-state index in [1.165, 1.54) is 5.56 Å². The summed E-state index contributed by atoms with van der Waals surface area (Å²) in [5.41, 5.74) is 2.07. The second kappa shape index (κ2) is 7.94. The van der Waals surface area contributed by atoms with Crippen LogP contribution in [0.15, 0.2) is 36.4 Å². The maximum absolute atomic E-state index is 12.8. The summed E-state index contributed by atoms with van der Waals surface area (Å²) in [4.78, 5) is 16.8. The predicted molar refractivity (Wildman–Crippen MR) is 106 cm³/mol. The van der Waals surface area contributed by atoms with Crippen LogP contribution < -0.4 is 9.64 Å². The Morgan fingerprint density at radius 1 is 1.00 bits per heavy atom. The summed E-state index contributed by atoms with van der Waals surface area (Å²) in [6, 6.07) is 11.7. The average Bonchev–Trinajstić information content (AvgIpc) is 2.68. The molecule has 144 valence electrons. The number of rotatable bonds is 4. The van der Waals surface area contributed by atoms with Crippen LogP contribution in [-0.4, -0.2) is 53.8 Å². The third-order valence-electron chi connectivity index (χ3n) is 4.81. The summed E-state index contributed by atoms with van der Waals surface area (Å²) < 4.78 is 5.33. The maximum atomic E-state index is 12.8. The van der Waals surface area contributed by atoms with Crippen molar-refractivity contribution in [2.45, 2.75) is 33.1 Å². The molecule has 27 heavy (non-hydrogen) atoms. The fourth-order valence-corrected chi connectivity index (χ4v) is 3.14. The molecule has 2 aromatic rings. The fraction of sp³-hybridized carbons (Fsp3) is 0.476. The number of carbonyl (C=O) groups excluding carboxylic acids is 1. The smallest absolute Gasteiger partial charge is 0.253 e. The summed E-state index contributed by atoms with van der Waals surface area (Å²) >= 11 is 0. The van der Waals surface area contributed by atoms with Gasteiger partial charge in [-0.25, -0.2) is 0 Å². The topological polar surface area (TPSA) is 58.6 Å². The zero-order valence-electron chi connectivity index (χ0n) is 16.6. The summed E-state index contributed by atoms with van der Waals surface area (Å²) in [6.45, 7) is 11.9. The molecule has 1 aliphatic rings. The van der Waals surface area contributed by atoms with Gasteiger partial charge in [-0.3, -0.25) is 4.79 Å². The minimum Gasteiger partial charge on any atom is -0.477 e. The molecule has 1 saturated heterocycles. The quantitative estimate of drug-likeness (QED) is 0.830. The first-order valence-electron chi connectivity index (χ1n) is 9.50. The minimum atomic E-state index is 0.0892. The van der Waals surface area contributed by atoms with Crippen molar-refractivity contribution < 1.29 is 9.53 Å². The highest BCUT2D eigenvalue weighted by Crippen LogP contribution is 2.23. The molecular formula is C21H28N4O2. The Kier molecular flexibility index (Phi) is 5.63. The Hall–Kier alpha value is -2.63. The van der Waals surface area contributed by atoms with Crippen molar-refractivity contribution in [2.24, 2.45) is 0 Å². The predicted octanol–water partition coefficient (Wildman–Crippen LogP) is 3.14. The number of piperazine rings is 1. The zero-order chi connectivity index (χ0) is 19.4. The number of ether oxygens (including phenoxy) is 1. The molecular weight excluding hydrogens is 340 g/mol. The third-order valence-corrected chi connectivity index (χ3v) is 4.81. The molecule has 0 atom stereocenters. The highest BCUT2D eigenvalue weighted by atomic mass is 16.5. The molecule has 0 N–H and O–H groups in total. The van der Waals surface area contributed by atoms with Crippen LogP contribution in [0.25, 0.3) is 0 Å². The second-order valence-corrected chi connectivity index (χ2v) is 7.77. The molecule has 1 amide bonds. The lowest BCUT2D eigenvalue weighted by molar-refractivity contribution is 0.0746. The molecule has 0 bridgehead atoms. The molecule has 3 rings (SSSR count). The Labute approximate surface area is 161 Å². The Bertz CT molecular complexity index is 758. The van der Waals surface area contributed by atoms with Crippen LogP contribution in [0.1, 0.15) is 43.6 Å². The van der Waals surface area contributed by atoms with E-state index in [9.17, 15) is 4.79 Å². The number of benzene rings is 1. The summed E-state index contributed by atoms with van der Waals surface area (Å²) in [5.74, 6) is 1.45. The number of anilines is 1. The molecule has 6 heteroatoms. The molecule has 1 aromatic carbocycles. The van der Waals surface area contributed by atoms with Crippen molar-refractivity contribution in [3.63, 3.8) is 0 Å². The third kappa shape index (κ3) is 4.56. The van der Waals surface area contributed by atoms with E-state index in [-0.39, 0.29) is 11.3 Å². The van der Waals surface area contributed by atoms with Crippen LogP contribution in [0, 0.1) is 0 Å². The molecule has 1 aliphatic heterocycles. The van der Waals surface area contributed by atoms with Crippen LogP contribution >= 0.6 is 0 Å². The second-order valence-electron chi connectivity index (χ2n) is 7.77. The van der Waals surface area contributed by atoms with Crippen molar-refractivity contribution in [2.75, 3.05) is 37.7 Å². The van der Waals surface area contributed by atoms with E-state index >= 15 is 0 Å². The van der Waals surface area contributed by atoms with Gasteiger partial charge in [0.2, 0.25) is 5.88 Å². The Balaban J connectivity index is 1.59. The number of amides is 1. The largest absolute Gasteiger partial charge is 0.477 e. The van der Waals surface area contributed by atoms with Crippen molar-refractivity contribution in [3.05, 3.63) is 47.5 Å². The molecule has 0 aliphatic carbocycles. The lowest BCUT2D eigenvalue weighted by Gasteiger charge is -2.35. The molecule has 1 aromatic heterocycles. The number of hydrogen-bond acceptors (Lipinski definition) is 5. The van der Waals surface area contributed by atoms with E-state index < -0.39 is 0 Å². The van der Waals surface area contributed by atoms with E-state index in [0.717, 1.165) is 24.5 Å². The highest BCUT2D eigenvalue weighted by Gasteiger charge is 2.23. The Morgan fingerprint density at radius 3 is 2.19 bits per heavy atom. The molecule has 0 radical (unpaired) electrons. The molecule has 0 spiro atoms. The number of hydrogen-bond donors (Lipinski definition) is 0. The van der Waals surface area contributed by atoms with Gasteiger partial charge in [-0.05, 0) is 36.1 Å². The first-order valence-corrected chi connectivity index (χ1v) is 9.50. The summed E-state index contributed by atoms with van der Waals surface area (Å²) in [7, 11) is 0. The van der Waals surface area contributed by atoms with Gasteiger partial charge < -0.3 is 14.5 Å². The van der Waals surface area contributed by atoms with E-state index in [1.54, 1.807) is 0 Å². The first kappa shape index (κ1) is 19.1. The number of aromatic nitrogens is 2.